The monoisotopic (exact) mass is 638 g/mol. The molecule has 6 aromatic rings. The highest BCUT2D eigenvalue weighted by Gasteiger charge is 2.16. The number of hydrogen-bond acceptors (Lipinski definition) is 4. The van der Waals surface area contributed by atoms with Crippen molar-refractivity contribution in [2.75, 3.05) is 0 Å². The molecule has 0 fully saturated rings. The van der Waals surface area contributed by atoms with Crippen LogP contribution in [0.3, 0.4) is 0 Å². The van der Waals surface area contributed by atoms with Gasteiger partial charge in [0.05, 0.1) is 21.5 Å². The molecular weight excluding hydrogens is 615 g/mol. The van der Waals surface area contributed by atoms with Crippen LogP contribution >= 0.6 is 22.6 Å². The van der Waals surface area contributed by atoms with Gasteiger partial charge in [0.2, 0.25) is 0 Å². The summed E-state index contributed by atoms with van der Waals surface area (Å²) in [6, 6.07) is 30.1. The van der Waals surface area contributed by atoms with Crippen molar-refractivity contribution in [1.82, 2.24) is 14.1 Å². The number of nitro groups is 1. The maximum atomic E-state index is 13.8. The highest BCUT2D eigenvalue weighted by molar-refractivity contribution is 14.1. The molecule has 0 N–H and O–H groups in total. The minimum atomic E-state index is -0.466. The van der Waals surface area contributed by atoms with Crippen LogP contribution in [-0.4, -0.2) is 19.0 Å². The van der Waals surface area contributed by atoms with Crippen molar-refractivity contribution >= 4 is 62.2 Å². The molecule has 196 valence electrons. The number of para-hydroxylation sites is 1. The Kier molecular flexibility index (Phi) is 6.77. The van der Waals surface area contributed by atoms with Gasteiger partial charge < -0.3 is 4.57 Å². The largest absolute Gasteiger partial charge is 0.340 e. The number of halogens is 1. The summed E-state index contributed by atoms with van der Waals surface area (Å²) in [5.41, 5.74) is 4.99. The second-order valence-electron chi connectivity index (χ2n) is 9.47. The zero-order chi connectivity index (χ0) is 27.8. The van der Waals surface area contributed by atoms with Crippen LogP contribution < -0.4 is 5.56 Å². The summed E-state index contributed by atoms with van der Waals surface area (Å²) in [6.07, 6.45) is 3.80. The van der Waals surface area contributed by atoms with Crippen molar-refractivity contribution in [3.8, 4) is 5.69 Å². The van der Waals surface area contributed by atoms with Gasteiger partial charge in [-0.25, -0.2) is 4.98 Å². The van der Waals surface area contributed by atoms with Gasteiger partial charge in [-0.05, 0) is 77.6 Å². The Hall–Kier alpha value is -4.57. The number of nitro benzene ring substituents is 1. The minimum absolute atomic E-state index is 0.0955. The first kappa shape index (κ1) is 25.7. The van der Waals surface area contributed by atoms with E-state index in [1.165, 1.54) is 22.3 Å². The van der Waals surface area contributed by atoms with E-state index >= 15 is 0 Å². The molecule has 7 nitrogen and oxygen atoms in total. The Morgan fingerprint density at radius 1 is 0.900 bits per heavy atom. The number of rotatable bonds is 6. The van der Waals surface area contributed by atoms with Gasteiger partial charge in [-0.15, -0.1) is 0 Å². The number of nitrogens with zero attached hydrogens (tertiary/aromatic N) is 4. The van der Waals surface area contributed by atoms with Gasteiger partial charge in [-0.2, -0.15) is 0 Å². The van der Waals surface area contributed by atoms with E-state index < -0.39 is 4.92 Å². The molecular formula is C32H23IN4O3. The Balaban J connectivity index is 1.54. The van der Waals surface area contributed by atoms with E-state index in [0.717, 1.165) is 32.3 Å². The molecule has 40 heavy (non-hydrogen) atoms. The standard InChI is InChI=1S/C32H23IN4O3/c1-21-26(27-12-5-6-13-30(27)35(21)20-22-8-3-2-4-9-22)15-17-31-34-29-16-14-23(33)18-28(29)32(38)36(31)24-10-7-11-25(19-24)37(39)40/h2-19H,20H2,1H3/b17-15+. The number of hydrogen-bond donors (Lipinski definition) is 0. The lowest BCUT2D eigenvalue weighted by atomic mass is 10.1. The quantitative estimate of drug-likeness (QED) is 0.108. The second-order valence-corrected chi connectivity index (χ2v) is 10.7. The number of benzene rings is 4. The first-order chi connectivity index (χ1) is 19.4. The van der Waals surface area contributed by atoms with Gasteiger partial charge in [0, 0.05) is 44.4 Å². The first-order valence-corrected chi connectivity index (χ1v) is 13.8. The summed E-state index contributed by atoms with van der Waals surface area (Å²) in [6.45, 7) is 2.82. The lowest BCUT2D eigenvalue weighted by Crippen LogP contribution is -2.22. The van der Waals surface area contributed by atoms with Gasteiger partial charge in [0.1, 0.15) is 5.82 Å². The van der Waals surface area contributed by atoms with E-state index in [0.29, 0.717) is 22.4 Å². The van der Waals surface area contributed by atoms with E-state index in [-0.39, 0.29) is 11.2 Å². The highest BCUT2D eigenvalue weighted by Crippen LogP contribution is 2.29. The topological polar surface area (TPSA) is 83.0 Å². The Morgan fingerprint density at radius 3 is 2.48 bits per heavy atom. The number of aromatic nitrogens is 3. The predicted molar refractivity (Wildman–Crippen MR) is 168 cm³/mol. The van der Waals surface area contributed by atoms with Crippen LogP contribution in [0.15, 0.2) is 102 Å². The molecule has 0 bridgehead atoms. The van der Waals surface area contributed by atoms with Crippen LogP contribution in [0.5, 0.6) is 0 Å². The predicted octanol–water partition coefficient (Wildman–Crippen LogP) is 7.38. The third kappa shape index (κ3) is 4.71. The van der Waals surface area contributed by atoms with Crippen LogP contribution in [0.2, 0.25) is 0 Å². The van der Waals surface area contributed by atoms with Gasteiger partial charge in [0.15, 0.2) is 0 Å². The van der Waals surface area contributed by atoms with Crippen molar-refractivity contribution in [3.05, 3.63) is 144 Å². The molecule has 0 saturated carbocycles. The molecule has 0 saturated heterocycles. The molecule has 0 aliphatic rings. The van der Waals surface area contributed by atoms with Crippen molar-refractivity contribution in [1.29, 1.82) is 0 Å². The summed E-state index contributed by atoms with van der Waals surface area (Å²) in [5.74, 6) is 0.387. The number of fused-ring (bicyclic) bond motifs is 2. The highest BCUT2D eigenvalue weighted by atomic mass is 127. The van der Waals surface area contributed by atoms with Crippen LogP contribution in [0.25, 0.3) is 39.6 Å². The maximum Gasteiger partial charge on any atom is 0.271 e. The van der Waals surface area contributed by atoms with Gasteiger partial charge >= 0.3 is 0 Å². The minimum Gasteiger partial charge on any atom is -0.340 e. The van der Waals surface area contributed by atoms with Gasteiger partial charge in [-0.1, -0.05) is 54.6 Å². The van der Waals surface area contributed by atoms with Crippen LogP contribution in [0.4, 0.5) is 5.69 Å². The lowest BCUT2D eigenvalue weighted by molar-refractivity contribution is -0.384. The van der Waals surface area contributed by atoms with E-state index in [1.54, 1.807) is 18.2 Å². The average Bonchev–Trinajstić information content (AvgIpc) is 3.23. The van der Waals surface area contributed by atoms with Crippen molar-refractivity contribution in [3.63, 3.8) is 0 Å². The third-order valence-electron chi connectivity index (χ3n) is 7.02. The van der Waals surface area contributed by atoms with Crippen LogP contribution in [-0.2, 0) is 6.54 Å². The summed E-state index contributed by atoms with van der Waals surface area (Å²) >= 11 is 2.16. The van der Waals surface area contributed by atoms with Crippen LogP contribution in [0, 0.1) is 20.6 Å². The fourth-order valence-corrected chi connectivity index (χ4v) is 5.57. The molecule has 0 radical (unpaired) electrons. The third-order valence-corrected chi connectivity index (χ3v) is 7.69. The summed E-state index contributed by atoms with van der Waals surface area (Å²) < 4.78 is 4.63. The SMILES string of the molecule is Cc1c(/C=C/c2nc3ccc(I)cc3c(=O)n2-c2cccc([N+](=O)[O-])c2)c2ccccc2n1Cc1ccccc1. The molecule has 0 spiro atoms. The van der Waals surface area contributed by atoms with Gasteiger partial charge in [-0.3, -0.25) is 19.5 Å². The van der Waals surface area contributed by atoms with Crippen molar-refractivity contribution in [2.24, 2.45) is 0 Å². The molecule has 8 heteroatoms. The number of non-ortho nitro benzene ring substituents is 1. The molecule has 0 unspecified atom stereocenters. The summed E-state index contributed by atoms with van der Waals surface area (Å²) in [5, 5.41) is 13.0. The van der Waals surface area contributed by atoms with E-state index in [2.05, 4.69) is 58.3 Å². The second kappa shape index (κ2) is 10.5. The van der Waals surface area contributed by atoms with E-state index in [4.69, 9.17) is 4.98 Å². The summed E-state index contributed by atoms with van der Waals surface area (Å²) in [7, 11) is 0. The molecule has 0 aliphatic carbocycles. The smallest absolute Gasteiger partial charge is 0.271 e. The van der Waals surface area contributed by atoms with E-state index in [1.807, 2.05) is 54.6 Å². The normalized spacial score (nSPS) is 11.6. The fourth-order valence-electron chi connectivity index (χ4n) is 5.08. The molecule has 0 atom stereocenters. The molecule has 6 rings (SSSR count). The molecule has 2 heterocycles. The molecule has 2 aromatic heterocycles. The Morgan fingerprint density at radius 2 is 1.68 bits per heavy atom. The Bertz CT molecular complexity index is 2010. The Labute approximate surface area is 243 Å². The zero-order valence-electron chi connectivity index (χ0n) is 21.5. The molecule has 4 aromatic carbocycles. The maximum absolute atomic E-state index is 13.8. The lowest BCUT2D eigenvalue weighted by Gasteiger charge is -2.12. The van der Waals surface area contributed by atoms with Crippen LogP contribution in [0.1, 0.15) is 22.6 Å². The molecule has 0 amide bonds. The van der Waals surface area contributed by atoms with Gasteiger partial charge in [0.25, 0.3) is 11.2 Å². The zero-order valence-corrected chi connectivity index (χ0v) is 23.6. The fraction of sp³-hybridized carbons (Fsp3) is 0.0625. The first-order valence-electron chi connectivity index (χ1n) is 12.7. The van der Waals surface area contributed by atoms with Crippen molar-refractivity contribution in [2.45, 2.75) is 13.5 Å². The summed E-state index contributed by atoms with van der Waals surface area (Å²) in [4.78, 5) is 29.7. The average molecular weight is 638 g/mol. The van der Waals surface area contributed by atoms with Crippen molar-refractivity contribution < 1.29 is 4.92 Å². The van der Waals surface area contributed by atoms with E-state index in [9.17, 15) is 14.9 Å². The molecule has 0 aliphatic heterocycles.